The van der Waals surface area contributed by atoms with E-state index in [1.165, 1.54) is 32.9 Å². The normalized spacial score (nSPS) is 14.5. The third-order valence-electron chi connectivity index (χ3n) is 2.62. The van der Waals surface area contributed by atoms with Crippen LogP contribution in [0.3, 0.4) is 0 Å². The number of carbonyl (C=O) groups excluding carboxylic acids is 1. The lowest BCUT2D eigenvalue weighted by molar-refractivity contribution is -0.142. The zero-order chi connectivity index (χ0) is 17.4. The molecule has 1 heterocycles. The molecule has 1 fully saturated rings. The van der Waals surface area contributed by atoms with Crippen LogP contribution in [0.15, 0.2) is 0 Å². The zero-order valence-electron chi connectivity index (χ0n) is 15.2. The Morgan fingerprint density at radius 1 is 1.05 bits per heavy atom. The Hall–Kier alpha value is -1.10. The van der Waals surface area contributed by atoms with Crippen LogP contribution in [0.4, 0.5) is 0 Å². The molecule has 0 radical (unpaired) electrons. The van der Waals surface area contributed by atoms with Crippen LogP contribution in [-0.2, 0) is 9.59 Å². The highest BCUT2D eigenvalue weighted by atomic mass is 16.4. The third-order valence-corrected chi connectivity index (χ3v) is 2.62. The minimum Gasteiger partial charge on any atom is -0.480 e. The van der Waals surface area contributed by atoms with Crippen LogP contribution in [0.1, 0.15) is 61.3 Å². The molecule has 1 unspecified atom stereocenters. The van der Waals surface area contributed by atoms with E-state index in [4.69, 9.17) is 5.11 Å². The molecule has 1 amide bonds. The van der Waals surface area contributed by atoms with Crippen LogP contribution in [0.5, 0.6) is 0 Å². The molecule has 2 N–H and O–H groups in total. The van der Waals surface area contributed by atoms with Gasteiger partial charge in [0.2, 0.25) is 5.91 Å². The maximum absolute atomic E-state index is 10.5. The number of amides is 1. The predicted octanol–water partition coefficient (Wildman–Crippen LogP) is 3.00. The minimum absolute atomic E-state index is 0.0867. The fraction of sp³-hybridized carbons (Fsp3) is 0.875. The number of carboxylic acid groups (broad SMARTS) is 1. The van der Waals surface area contributed by atoms with Gasteiger partial charge in [-0.05, 0) is 38.9 Å². The van der Waals surface area contributed by atoms with E-state index >= 15 is 0 Å². The topological polar surface area (TPSA) is 69.6 Å². The molecule has 0 aromatic rings. The second-order valence-corrected chi connectivity index (χ2v) is 4.77. The summed E-state index contributed by atoms with van der Waals surface area (Å²) in [5, 5.41) is 10.9. The molecule has 1 rings (SSSR count). The van der Waals surface area contributed by atoms with Crippen molar-refractivity contribution in [2.45, 2.75) is 67.3 Å². The van der Waals surface area contributed by atoms with Crippen molar-refractivity contribution in [2.24, 2.45) is 5.92 Å². The smallest absolute Gasteiger partial charge is 0.326 e. The quantitative estimate of drug-likeness (QED) is 0.841. The average molecular weight is 304 g/mol. The van der Waals surface area contributed by atoms with Crippen molar-refractivity contribution in [3.05, 3.63) is 0 Å². The lowest BCUT2D eigenvalue weighted by Crippen LogP contribution is -2.43. The van der Waals surface area contributed by atoms with Crippen molar-refractivity contribution >= 4 is 11.9 Å². The highest BCUT2D eigenvalue weighted by Gasteiger charge is 2.21. The molecule has 1 atom stereocenters. The van der Waals surface area contributed by atoms with E-state index in [9.17, 15) is 9.59 Å². The fourth-order valence-electron chi connectivity index (χ4n) is 1.61. The second kappa shape index (κ2) is 17.0. The molecular formula is C16H36N2O3. The molecule has 0 aliphatic carbocycles. The summed E-state index contributed by atoms with van der Waals surface area (Å²) >= 11 is 0. The maximum atomic E-state index is 10.5. The Kier molecular flexibility index (Phi) is 20.1. The number of nitrogens with one attached hydrogen (secondary N) is 1. The largest absolute Gasteiger partial charge is 0.480 e. The van der Waals surface area contributed by atoms with E-state index < -0.39 is 12.0 Å². The molecule has 1 aliphatic rings. The molecule has 128 valence electrons. The summed E-state index contributed by atoms with van der Waals surface area (Å²) in [6.07, 6.45) is 2.83. The lowest BCUT2D eigenvalue weighted by Gasteiger charge is -2.16. The van der Waals surface area contributed by atoms with E-state index in [0.717, 1.165) is 0 Å². The van der Waals surface area contributed by atoms with Crippen molar-refractivity contribution in [3.63, 3.8) is 0 Å². The van der Waals surface area contributed by atoms with Gasteiger partial charge in [-0.25, -0.2) is 4.79 Å². The van der Waals surface area contributed by atoms with Gasteiger partial charge < -0.3 is 15.3 Å². The monoisotopic (exact) mass is 304 g/mol. The van der Waals surface area contributed by atoms with Gasteiger partial charge in [-0.3, -0.25) is 4.79 Å². The number of hydrogen-bond donors (Lipinski definition) is 2. The summed E-state index contributed by atoms with van der Waals surface area (Å²) in [5.74, 6) is -1.39. The zero-order valence-corrected chi connectivity index (χ0v) is 15.2. The van der Waals surface area contributed by atoms with E-state index in [1.807, 2.05) is 27.7 Å². The van der Waals surface area contributed by atoms with Gasteiger partial charge in [0.15, 0.2) is 0 Å². The highest BCUT2D eigenvalue weighted by molar-refractivity contribution is 5.82. The fourth-order valence-corrected chi connectivity index (χ4v) is 1.61. The van der Waals surface area contributed by atoms with Crippen LogP contribution in [0.25, 0.3) is 0 Å². The van der Waals surface area contributed by atoms with Crippen LogP contribution in [0.2, 0.25) is 0 Å². The van der Waals surface area contributed by atoms with Crippen LogP contribution >= 0.6 is 0 Å². The SMILES string of the molecule is CC.CC.CC(=O)NC(C(=O)O)C(C)C.CN1CCCC1. The van der Waals surface area contributed by atoms with Crippen molar-refractivity contribution in [1.29, 1.82) is 0 Å². The summed E-state index contributed by atoms with van der Waals surface area (Å²) in [4.78, 5) is 23.3. The molecule has 5 nitrogen and oxygen atoms in total. The standard InChI is InChI=1S/C7H13NO3.C5H11N.2C2H6/c1-4(2)6(7(10)11)8-5(3)9;1-6-4-2-3-5-6;2*1-2/h4,6H,1-3H3,(H,8,9)(H,10,11);2-5H2,1H3;2*1-2H3. The third kappa shape index (κ3) is 16.8. The number of carbonyl (C=O) groups is 2. The Labute approximate surface area is 131 Å². The Bertz CT molecular complexity index is 250. The summed E-state index contributed by atoms with van der Waals surface area (Å²) < 4.78 is 0. The van der Waals surface area contributed by atoms with E-state index in [1.54, 1.807) is 13.8 Å². The van der Waals surface area contributed by atoms with Crippen LogP contribution < -0.4 is 5.32 Å². The van der Waals surface area contributed by atoms with E-state index in [-0.39, 0.29) is 11.8 Å². The van der Waals surface area contributed by atoms with Crippen molar-refractivity contribution in [3.8, 4) is 0 Å². The molecule has 0 saturated carbocycles. The van der Waals surface area contributed by atoms with Crippen molar-refractivity contribution < 1.29 is 14.7 Å². The van der Waals surface area contributed by atoms with Gasteiger partial charge >= 0.3 is 5.97 Å². The molecule has 21 heavy (non-hydrogen) atoms. The molecule has 5 heteroatoms. The number of rotatable bonds is 3. The van der Waals surface area contributed by atoms with Gasteiger partial charge in [0.1, 0.15) is 6.04 Å². The van der Waals surface area contributed by atoms with Crippen LogP contribution in [0, 0.1) is 5.92 Å². The van der Waals surface area contributed by atoms with Crippen LogP contribution in [-0.4, -0.2) is 48.1 Å². The summed E-state index contributed by atoms with van der Waals surface area (Å²) in [5.41, 5.74) is 0. The first-order valence-corrected chi connectivity index (χ1v) is 8.03. The molecule has 0 spiro atoms. The molecule has 1 aliphatic heterocycles. The first-order chi connectivity index (χ1) is 9.84. The molecule has 1 saturated heterocycles. The molecule has 0 aromatic carbocycles. The number of hydrogen-bond acceptors (Lipinski definition) is 3. The first kappa shape index (κ1) is 24.9. The van der Waals surface area contributed by atoms with E-state index in [0.29, 0.717) is 0 Å². The average Bonchev–Trinajstić information content (AvgIpc) is 2.91. The highest BCUT2D eigenvalue weighted by Crippen LogP contribution is 2.02. The maximum Gasteiger partial charge on any atom is 0.326 e. The second-order valence-electron chi connectivity index (χ2n) is 4.77. The summed E-state index contributed by atoms with van der Waals surface area (Å²) in [6, 6.07) is -0.771. The minimum atomic E-state index is -0.991. The Morgan fingerprint density at radius 2 is 1.43 bits per heavy atom. The molecule has 0 bridgehead atoms. The van der Waals surface area contributed by atoms with Gasteiger partial charge in [-0.1, -0.05) is 41.5 Å². The number of likely N-dealkylation sites (tertiary alicyclic amines) is 1. The van der Waals surface area contributed by atoms with E-state index in [2.05, 4.69) is 17.3 Å². The molecule has 0 aromatic heterocycles. The van der Waals surface area contributed by atoms with Crippen molar-refractivity contribution in [2.75, 3.05) is 20.1 Å². The number of aliphatic carboxylic acids is 1. The summed E-state index contributed by atoms with van der Waals surface area (Å²) in [6.45, 7) is 15.4. The molecular weight excluding hydrogens is 268 g/mol. The first-order valence-electron chi connectivity index (χ1n) is 8.03. The van der Waals surface area contributed by atoms with Gasteiger partial charge in [0.25, 0.3) is 0 Å². The summed E-state index contributed by atoms with van der Waals surface area (Å²) in [7, 11) is 2.17. The van der Waals surface area contributed by atoms with Crippen molar-refractivity contribution in [1.82, 2.24) is 10.2 Å². The van der Waals surface area contributed by atoms with Gasteiger partial charge in [0.05, 0.1) is 0 Å². The van der Waals surface area contributed by atoms with Gasteiger partial charge in [-0.2, -0.15) is 0 Å². The number of carboxylic acids is 1. The lowest BCUT2D eigenvalue weighted by atomic mass is 10.1. The Balaban J connectivity index is -0.000000271. The van der Waals surface area contributed by atoms with Gasteiger partial charge in [0, 0.05) is 6.92 Å². The number of nitrogens with zero attached hydrogens (tertiary/aromatic N) is 1. The Morgan fingerprint density at radius 3 is 1.52 bits per heavy atom. The predicted molar refractivity (Wildman–Crippen MR) is 89.5 cm³/mol. The van der Waals surface area contributed by atoms with Gasteiger partial charge in [-0.15, -0.1) is 0 Å².